The monoisotopic (exact) mass is 457 g/mol. The molecule has 1 aromatic heterocycles. The number of nitrogens with zero attached hydrogens (tertiary/aromatic N) is 1. The number of para-hydroxylation sites is 1. The minimum absolute atomic E-state index is 0.00149. The fourth-order valence-electron chi connectivity index (χ4n) is 4.59. The van der Waals surface area contributed by atoms with Crippen LogP contribution in [0.15, 0.2) is 84.6 Å². The molecule has 0 unspecified atom stereocenters. The molecule has 5 aromatic carbocycles. The van der Waals surface area contributed by atoms with Crippen LogP contribution in [0.3, 0.4) is 0 Å². The van der Waals surface area contributed by atoms with E-state index in [0.29, 0.717) is 0 Å². The molecule has 1 fully saturated rings. The van der Waals surface area contributed by atoms with Crippen LogP contribution in [0.4, 0.5) is 0 Å². The van der Waals surface area contributed by atoms with Gasteiger partial charge in [-0.1, -0.05) is 60.4 Å². The first-order valence-corrected chi connectivity index (χ1v) is 10.8. The maximum atomic E-state index is 9.58. The lowest BCUT2D eigenvalue weighted by Crippen LogP contribution is -2.41. The Morgan fingerprint density at radius 3 is 1.94 bits per heavy atom. The van der Waals surface area contributed by atoms with Crippen LogP contribution in [0.5, 0.6) is 0 Å². The van der Waals surface area contributed by atoms with E-state index in [9.17, 15) is 2.74 Å². The van der Waals surface area contributed by atoms with Crippen molar-refractivity contribution in [1.82, 2.24) is 4.57 Å². The third-order valence-corrected chi connectivity index (χ3v) is 6.94. The van der Waals surface area contributed by atoms with Crippen LogP contribution in [0.25, 0.3) is 49.0 Å². The first kappa shape index (κ1) is 10.5. The Bertz CT molecular complexity index is 2430. The standard InChI is InChI=1S/C30H26BNO2/c1-29(2)30(3,4)34-31(33-29)19-17-24-22-14-9-8-13-21(22)23-15-10-16-25-27(23)28(24)26(18-19)32(25)20-11-6-5-7-12-20/h5-18H,1-4H3/i5D,6D,7D,8D,9D,10D,11D,12D,13D,14D,15D,16D,17D,18D. The van der Waals surface area contributed by atoms with Crippen molar-refractivity contribution >= 4 is 55.9 Å². The Morgan fingerprint density at radius 2 is 1.24 bits per heavy atom. The number of hydrogen-bond acceptors (Lipinski definition) is 2. The smallest absolute Gasteiger partial charge is 0.399 e. The van der Waals surface area contributed by atoms with Crippen molar-refractivity contribution in [2.24, 2.45) is 0 Å². The molecule has 166 valence electrons. The molecule has 0 bridgehead atoms. The van der Waals surface area contributed by atoms with Crippen LogP contribution < -0.4 is 5.46 Å². The minimum Gasteiger partial charge on any atom is -0.399 e. The zero-order valence-electron chi connectivity index (χ0n) is 32.8. The van der Waals surface area contributed by atoms with Crippen molar-refractivity contribution in [1.29, 1.82) is 0 Å². The molecule has 0 atom stereocenters. The highest BCUT2D eigenvalue weighted by atomic mass is 16.7. The Morgan fingerprint density at radius 1 is 0.647 bits per heavy atom. The number of benzene rings is 5. The van der Waals surface area contributed by atoms with Gasteiger partial charge in [-0.2, -0.15) is 0 Å². The van der Waals surface area contributed by atoms with Gasteiger partial charge < -0.3 is 13.9 Å². The highest BCUT2D eigenvalue weighted by Crippen LogP contribution is 2.44. The van der Waals surface area contributed by atoms with Gasteiger partial charge in [0.25, 0.3) is 0 Å². The van der Waals surface area contributed by atoms with Gasteiger partial charge in [0.05, 0.1) is 41.4 Å². The average Bonchev–Trinajstić information content (AvgIpc) is 3.47. The highest BCUT2D eigenvalue weighted by molar-refractivity contribution is 6.63. The topological polar surface area (TPSA) is 23.4 Å². The second kappa shape index (κ2) is 6.62. The predicted molar refractivity (Wildman–Crippen MR) is 143 cm³/mol. The number of rotatable bonds is 2. The lowest BCUT2D eigenvalue weighted by molar-refractivity contribution is 0.00578. The molecule has 1 aliphatic heterocycles. The van der Waals surface area contributed by atoms with Gasteiger partial charge in [0.15, 0.2) is 0 Å². The summed E-state index contributed by atoms with van der Waals surface area (Å²) < 4.78 is 137. The fourth-order valence-corrected chi connectivity index (χ4v) is 4.59. The number of aromatic nitrogens is 1. The molecule has 1 aliphatic rings. The summed E-state index contributed by atoms with van der Waals surface area (Å²) in [7, 11) is -1.35. The second-order valence-electron chi connectivity index (χ2n) is 9.38. The fraction of sp³-hybridized carbons (Fsp3) is 0.200. The molecule has 2 heterocycles. The van der Waals surface area contributed by atoms with Crippen LogP contribution >= 0.6 is 0 Å². The Balaban J connectivity index is 1.90. The van der Waals surface area contributed by atoms with Gasteiger partial charge in [0.1, 0.15) is 0 Å². The molecule has 34 heavy (non-hydrogen) atoms. The molecule has 0 N–H and O–H groups in total. The van der Waals surface area contributed by atoms with Crippen molar-refractivity contribution < 1.29 is 28.5 Å². The summed E-state index contributed by atoms with van der Waals surface area (Å²) >= 11 is 0. The van der Waals surface area contributed by atoms with Gasteiger partial charge in [-0.3, -0.25) is 0 Å². The van der Waals surface area contributed by atoms with E-state index in [4.69, 9.17) is 25.8 Å². The van der Waals surface area contributed by atoms with Gasteiger partial charge in [0, 0.05) is 16.5 Å². The van der Waals surface area contributed by atoms with Gasteiger partial charge in [-0.25, -0.2) is 0 Å². The van der Waals surface area contributed by atoms with E-state index < -0.39 is 103 Å². The maximum Gasteiger partial charge on any atom is 0.494 e. The summed E-state index contributed by atoms with van der Waals surface area (Å²) in [4.78, 5) is 0. The quantitative estimate of drug-likeness (QED) is 0.210. The maximum absolute atomic E-state index is 9.58. The molecule has 6 aromatic rings. The minimum atomic E-state index is -1.35. The van der Waals surface area contributed by atoms with Crippen LogP contribution in [0.2, 0.25) is 0 Å². The summed E-state index contributed by atoms with van der Waals surface area (Å²) in [6, 6.07) is -8.41. The van der Waals surface area contributed by atoms with E-state index in [1.165, 1.54) is 0 Å². The molecule has 0 radical (unpaired) electrons. The predicted octanol–water partition coefficient (Wildman–Crippen LogP) is 6.83. The van der Waals surface area contributed by atoms with Crippen molar-refractivity contribution in [2.45, 2.75) is 38.9 Å². The van der Waals surface area contributed by atoms with Crippen molar-refractivity contribution in [2.75, 3.05) is 0 Å². The normalized spacial score (nSPS) is 23.4. The molecular formula is C30H26BNO2. The third-order valence-electron chi connectivity index (χ3n) is 6.94. The van der Waals surface area contributed by atoms with Crippen molar-refractivity contribution in [3.05, 3.63) is 84.6 Å². The lowest BCUT2D eigenvalue weighted by Gasteiger charge is -2.32. The summed E-state index contributed by atoms with van der Waals surface area (Å²) in [5.74, 6) is 0. The Kier molecular flexibility index (Phi) is 2.05. The molecule has 1 saturated heterocycles. The number of fused-ring (bicyclic) bond motifs is 3. The summed E-state index contributed by atoms with van der Waals surface area (Å²) in [5.41, 5.74) is -2.88. The van der Waals surface area contributed by atoms with Gasteiger partial charge in [-0.05, 0) is 78.9 Å². The van der Waals surface area contributed by atoms with E-state index >= 15 is 0 Å². The average molecular weight is 457 g/mol. The lowest BCUT2D eigenvalue weighted by atomic mass is 9.77. The van der Waals surface area contributed by atoms with Crippen LogP contribution in [0.1, 0.15) is 46.9 Å². The zero-order valence-corrected chi connectivity index (χ0v) is 18.8. The molecule has 7 rings (SSSR count). The van der Waals surface area contributed by atoms with E-state index in [-0.39, 0.29) is 54.9 Å². The number of hydrogen-bond donors (Lipinski definition) is 0. The van der Waals surface area contributed by atoms with Crippen LogP contribution in [-0.2, 0) is 9.31 Å². The first-order valence-electron chi connectivity index (χ1n) is 17.8. The van der Waals surface area contributed by atoms with E-state index in [1.54, 1.807) is 27.7 Å². The molecule has 3 nitrogen and oxygen atoms in total. The Hall–Kier alpha value is -3.34. The van der Waals surface area contributed by atoms with Crippen molar-refractivity contribution in [3.63, 3.8) is 0 Å². The molecule has 0 saturated carbocycles. The molecule has 4 heteroatoms. The summed E-state index contributed by atoms with van der Waals surface area (Å²) in [6.07, 6.45) is 0. The molecule has 0 aliphatic carbocycles. The first-order chi connectivity index (χ1) is 22.2. The third kappa shape index (κ3) is 2.55. The van der Waals surface area contributed by atoms with E-state index in [1.807, 2.05) is 0 Å². The molecule has 0 spiro atoms. The van der Waals surface area contributed by atoms with Gasteiger partial charge in [0.2, 0.25) is 0 Å². The SMILES string of the molecule is [2H]c1c([2H])c([2H])c(-n2c3c([2H])c([2H])c([2H])c4c5c([2H])c([2H])c([2H])c([2H])c5c5c([2H])c(B6OC(C)(C)C(C)(C)O6)c([2H])c2c5c43)c([2H])c1[2H]. The van der Waals surface area contributed by atoms with Gasteiger partial charge in [-0.15, -0.1) is 0 Å². The summed E-state index contributed by atoms with van der Waals surface area (Å²) in [6.45, 7) is 7.07. The zero-order chi connectivity index (χ0) is 35.4. The van der Waals surface area contributed by atoms with Gasteiger partial charge >= 0.3 is 7.12 Å². The Labute approximate surface area is 219 Å². The van der Waals surface area contributed by atoms with E-state index in [2.05, 4.69) is 0 Å². The van der Waals surface area contributed by atoms with E-state index in [0.717, 1.165) is 4.57 Å². The second-order valence-corrected chi connectivity index (χ2v) is 9.38. The van der Waals surface area contributed by atoms with Crippen LogP contribution in [-0.4, -0.2) is 22.9 Å². The summed E-state index contributed by atoms with van der Waals surface area (Å²) in [5, 5.41) is -0.624. The molecular weight excluding hydrogens is 417 g/mol. The largest absolute Gasteiger partial charge is 0.494 e. The highest BCUT2D eigenvalue weighted by Gasteiger charge is 2.51. The van der Waals surface area contributed by atoms with Crippen LogP contribution in [0, 0.1) is 0 Å². The molecule has 0 amide bonds. The van der Waals surface area contributed by atoms with Crippen molar-refractivity contribution in [3.8, 4) is 5.69 Å².